The van der Waals surface area contributed by atoms with Crippen molar-refractivity contribution in [2.75, 3.05) is 24.6 Å². The fourth-order valence-corrected chi connectivity index (χ4v) is 2.07. The van der Waals surface area contributed by atoms with Crippen molar-refractivity contribution in [3.05, 3.63) is 24.3 Å². The Labute approximate surface area is 117 Å². The topological polar surface area (TPSA) is 78.9 Å². The van der Waals surface area contributed by atoms with E-state index in [1.807, 2.05) is 24.3 Å². The van der Waals surface area contributed by atoms with Crippen LogP contribution in [-0.4, -0.2) is 36.8 Å². The molecule has 0 aromatic heterocycles. The first-order valence-electron chi connectivity index (χ1n) is 6.67. The quantitative estimate of drug-likeness (QED) is 0.824. The largest absolute Gasteiger partial charge is 0.491 e. The molecule has 20 heavy (non-hydrogen) atoms. The van der Waals surface area contributed by atoms with Crippen molar-refractivity contribution in [2.24, 2.45) is 0 Å². The zero-order valence-electron chi connectivity index (χ0n) is 11.2. The number of benzene rings is 1. The summed E-state index contributed by atoms with van der Waals surface area (Å²) in [6.07, 6.45) is 1.24. The zero-order chi connectivity index (χ0) is 14.4. The number of hydrogen-bond donors (Lipinski definition) is 2. The highest BCUT2D eigenvalue weighted by atomic mass is 16.5. The average Bonchev–Trinajstić information content (AvgIpc) is 2.65. The van der Waals surface area contributed by atoms with Crippen LogP contribution in [0.3, 0.4) is 0 Å². The number of hydrogen-bond acceptors (Lipinski definition) is 3. The first-order valence-corrected chi connectivity index (χ1v) is 6.67. The highest BCUT2D eigenvalue weighted by Crippen LogP contribution is 2.30. The molecule has 6 nitrogen and oxygen atoms in total. The van der Waals surface area contributed by atoms with E-state index in [0.717, 1.165) is 12.1 Å². The second kappa shape index (κ2) is 6.79. The number of nitrogens with one attached hydrogen (secondary N) is 1. The molecule has 0 radical (unpaired) electrons. The van der Waals surface area contributed by atoms with Gasteiger partial charge in [0.05, 0.1) is 12.3 Å². The van der Waals surface area contributed by atoms with Gasteiger partial charge in [0.2, 0.25) is 0 Å². The molecule has 0 bridgehead atoms. The SMILES string of the molecule is O=C(O)CCCNC(=O)N1CCCOc2ccccc21. The third-order valence-corrected chi connectivity index (χ3v) is 3.03. The summed E-state index contributed by atoms with van der Waals surface area (Å²) < 4.78 is 5.59. The highest BCUT2D eigenvalue weighted by Gasteiger charge is 2.21. The number of para-hydroxylation sites is 2. The zero-order valence-corrected chi connectivity index (χ0v) is 11.2. The Kier molecular flexibility index (Phi) is 4.81. The van der Waals surface area contributed by atoms with Crippen LogP contribution in [0.2, 0.25) is 0 Å². The van der Waals surface area contributed by atoms with Crippen molar-refractivity contribution in [3.8, 4) is 5.75 Å². The van der Waals surface area contributed by atoms with Gasteiger partial charge in [-0.2, -0.15) is 0 Å². The van der Waals surface area contributed by atoms with Crippen molar-refractivity contribution in [2.45, 2.75) is 19.3 Å². The number of urea groups is 1. The van der Waals surface area contributed by atoms with E-state index in [9.17, 15) is 9.59 Å². The van der Waals surface area contributed by atoms with Crippen LogP contribution in [0.15, 0.2) is 24.3 Å². The fraction of sp³-hybridized carbons (Fsp3) is 0.429. The van der Waals surface area contributed by atoms with E-state index in [2.05, 4.69) is 5.32 Å². The van der Waals surface area contributed by atoms with E-state index in [1.54, 1.807) is 4.90 Å². The Morgan fingerprint density at radius 1 is 1.35 bits per heavy atom. The number of carboxylic acids is 1. The molecule has 1 aromatic rings. The van der Waals surface area contributed by atoms with E-state index in [0.29, 0.717) is 31.9 Å². The lowest BCUT2D eigenvalue weighted by Gasteiger charge is -2.22. The minimum Gasteiger partial charge on any atom is -0.491 e. The molecule has 1 heterocycles. The Morgan fingerprint density at radius 2 is 2.15 bits per heavy atom. The van der Waals surface area contributed by atoms with Crippen molar-refractivity contribution in [1.82, 2.24) is 5.32 Å². The first kappa shape index (κ1) is 14.2. The van der Waals surface area contributed by atoms with Crippen LogP contribution in [0.25, 0.3) is 0 Å². The lowest BCUT2D eigenvalue weighted by atomic mass is 10.2. The summed E-state index contributed by atoms with van der Waals surface area (Å²) >= 11 is 0. The number of carbonyl (C=O) groups excluding carboxylic acids is 1. The summed E-state index contributed by atoms with van der Waals surface area (Å²) in [6, 6.07) is 7.20. The molecule has 6 heteroatoms. The monoisotopic (exact) mass is 278 g/mol. The first-order chi connectivity index (χ1) is 9.68. The predicted molar refractivity (Wildman–Crippen MR) is 74.2 cm³/mol. The van der Waals surface area contributed by atoms with Crippen LogP contribution in [0, 0.1) is 0 Å². The van der Waals surface area contributed by atoms with Crippen LogP contribution < -0.4 is 15.0 Å². The van der Waals surface area contributed by atoms with Gasteiger partial charge in [0.25, 0.3) is 0 Å². The second-order valence-corrected chi connectivity index (χ2v) is 4.55. The Balaban J connectivity index is 1.97. The summed E-state index contributed by atoms with van der Waals surface area (Å²) in [4.78, 5) is 24.2. The van der Waals surface area contributed by atoms with E-state index < -0.39 is 5.97 Å². The van der Waals surface area contributed by atoms with E-state index in [1.165, 1.54) is 0 Å². The summed E-state index contributed by atoms with van der Waals surface area (Å²) in [5.41, 5.74) is 0.751. The third kappa shape index (κ3) is 3.63. The highest BCUT2D eigenvalue weighted by molar-refractivity contribution is 5.93. The number of nitrogens with zero attached hydrogens (tertiary/aromatic N) is 1. The standard InChI is InChI=1S/C14H18N2O4/c17-13(18)7-3-8-15-14(19)16-9-4-10-20-12-6-2-1-5-11(12)16/h1-2,5-6H,3-4,7-10H2,(H,15,19)(H,17,18). The molecule has 1 aliphatic heterocycles. The number of carboxylic acid groups (broad SMARTS) is 1. The van der Waals surface area contributed by atoms with Gasteiger partial charge in [0.15, 0.2) is 0 Å². The molecule has 2 rings (SSSR count). The van der Waals surface area contributed by atoms with Crippen molar-refractivity contribution >= 4 is 17.7 Å². The Morgan fingerprint density at radius 3 is 2.95 bits per heavy atom. The number of rotatable bonds is 4. The van der Waals surface area contributed by atoms with Gasteiger partial charge in [-0.3, -0.25) is 9.69 Å². The molecule has 108 valence electrons. The number of aliphatic carboxylic acids is 1. The van der Waals surface area contributed by atoms with Gasteiger partial charge < -0.3 is 15.2 Å². The van der Waals surface area contributed by atoms with Gasteiger partial charge in [-0.25, -0.2) is 4.79 Å². The number of fused-ring (bicyclic) bond motifs is 1. The smallest absolute Gasteiger partial charge is 0.321 e. The molecule has 0 saturated carbocycles. The molecule has 1 aromatic carbocycles. The summed E-state index contributed by atoms with van der Waals surface area (Å²) in [7, 11) is 0. The van der Waals surface area contributed by atoms with Gasteiger partial charge in [-0.15, -0.1) is 0 Å². The second-order valence-electron chi connectivity index (χ2n) is 4.55. The van der Waals surface area contributed by atoms with Crippen LogP contribution in [-0.2, 0) is 4.79 Å². The molecule has 0 unspecified atom stereocenters. The van der Waals surface area contributed by atoms with Gasteiger partial charge in [0.1, 0.15) is 5.75 Å². The molecular formula is C14H18N2O4. The predicted octanol–water partition coefficient (Wildman–Crippen LogP) is 1.85. The van der Waals surface area contributed by atoms with Crippen LogP contribution in [0.4, 0.5) is 10.5 Å². The minimum atomic E-state index is -0.854. The van der Waals surface area contributed by atoms with E-state index in [4.69, 9.17) is 9.84 Å². The fourth-order valence-electron chi connectivity index (χ4n) is 2.07. The number of carbonyl (C=O) groups is 2. The van der Waals surface area contributed by atoms with E-state index in [-0.39, 0.29) is 12.5 Å². The maximum Gasteiger partial charge on any atom is 0.321 e. The summed E-state index contributed by atoms with van der Waals surface area (Å²) in [5.74, 6) is -0.154. The van der Waals surface area contributed by atoms with Gasteiger partial charge in [-0.1, -0.05) is 12.1 Å². The van der Waals surface area contributed by atoms with Gasteiger partial charge in [0, 0.05) is 19.5 Å². The summed E-state index contributed by atoms with van der Waals surface area (Å²) in [6.45, 7) is 1.52. The van der Waals surface area contributed by atoms with Crippen molar-refractivity contribution in [1.29, 1.82) is 0 Å². The number of amides is 2. The van der Waals surface area contributed by atoms with Crippen molar-refractivity contribution < 1.29 is 19.4 Å². The lowest BCUT2D eigenvalue weighted by Crippen LogP contribution is -2.40. The van der Waals surface area contributed by atoms with Crippen LogP contribution >= 0.6 is 0 Å². The minimum absolute atomic E-state index is 0.0555. The molecule has 0 spiro atoms. The van der Waals surface area contributed by atoms with E-state index >= 15 is 0 Å². The Hall–Kier alpha value is -2.24. The maximum atomic E-state index is 12.2. The molecule has 2 N–H and O–H groups in total. The van der Waals surface area contributed by atoms with Crippen molar-refractivity contribution in [3.63, 3.8) is 0 Å². The Bertz CT molecular complexity index is 490. The average molecular weight is 278 g/mol. The summed E-state index contributed by atoms with van der Waals surface area (Å²) in [5, 5.41) is 11.3. The molecule has 0 fully saturated rings. The molecule has 1 aliphatic rings. The van der Waals surface area contributed by atoms with Crippen LogP contribution in [0.5, 0.6) is 5.75 Å². The molecule has 0 aliphatic carbocycles. The molecule has 0 atom stereocenters. The maximum absolute atomic E-state index is 12.2. The molecule has 2 amide bonds. The lowest BCUT2D eigenvalue weighted by molar-refractivity contribution is -0.137. The van der Waals surface area contributed by atoms with Gasteiger partial charge >= 0.3 is 12.0 Å². The normalized spacial score (nSPS) is 13.9. The third-order valence-electron chi connectivity index (χ3n) is 3.03. The molecule has 0 saturated heterocycles. The number of anilines is 1. The van der Waals surface area contributed by atoms with Crippen LogP contribution in [0.1, 0.15) is 19.3 Å². The number of ether oxygens (including phenoxy) is 1. The molecular weight excluding hydrogens is 260 g/mol. The van der Waals surface area contributed by atoms with Gasteiger partial charge in [-0.05, 0) is 25.0 Å².